The lowest BCUT2D eigenvalue weighted by atomic mass is 10.0. The molecule has 0 aliphatic heterocycles. The van der Waals surface area contributed by atoms with Gasteiger partial charge in [0.2, 0.25) is 5.82 Å². The van der Waals surface area contributed by atoms with Crippen LogP contribution in [0.5, 0.6) is 0 Å². The molecule has 6 heteroatoms. The fourth-order valence-corrected chi connectivity index (χ4v) is 1.76. The van der Waals surface area contributed by atoms with Gasteiger partial charge in [0, 0.05) is 5.56 Å². The molecule has 2 N–H and O–H groups in total. The highest BCUT2D eigenvalue weighted by atomic mass is 16.6. The van der Waals surface area contributed by atoms with Crippen LogP contribution >= 0.6 is 0 Å². The Hall–Kier alpha value is -2.50. The Bertz CT molecular complexity index is 625. The molecule has 92 valence electrons. The van der Waals surface area contributed by atoms with Gasteiger partial charge in [0.15, 0.2) is 5.69 Å². The zero-order valence-corrected chi connectivity index (χ0v) is 10.0. The van der Waals surface area contributed by atoms with Gasteiger partial charge in [0.25, 0.3) is 0 Å². The molecule has 0 amide bonds. The normalized spacial score (nSPS) is 10.3. The molecule has 0 saturated heterocycles. The molecule has 1 aromatic carbocycles. The van der Waals surface area contributed by atoms with Gasteiger partial charge >= 0.3 is 5.69 Å². The highest BCUT2D eigenvalue weighted by Gasteiger charge is 2.23. The lowest BCUT2D eigenvalue weighted by molar-refractivity contribution is -0.383. The fraction of sp³-hybridized carbons (Fsp3) is 0.167. The first kappa shape index (κ1) is 12.0. The molecule has 6 nitrogen and oxygen atoms in total. The van der Waals surface area contributed by atoms with Crippen molar-refractivity contribution >= 4 is 11.5 Å². The number of anilines is 1. The van der Waals surface area contributed by atoms with E-state index < -0.39 is 4.92 Å². The second-order valence-electron chi connectivity index (χ2n) is 4.03. The van der Waals surface area contributed by atoms with Crippen LogP contribution in [0.2, 0.25) is 0 Å². The van der Waals surface area contributed by atoms with Gasteiger partial charge in [-0.15, -0.1) is 0 Å². The molecule has 18 heavy (non-hydrogen) atoms. The van der Waals surface area contributed by atoms with Crippen molar-refractivity contribution in [3.8, 4) is 11.3 Å². The lowest BCUT2D eigenvalue weighted by Gasteiger charge is -2.07. The lowest BCUT2D eigenvalue weighted by Crippen LogP contribution is -2.03. The number of rotatable bonds is 2. The summed E-state index contributed by atoms with van der Waals surface area (Å²) in [6, 6.07) is 5.69. The summed E-state index contributed by atoms with van der Waals surface area (Å²) in [5, 5.41) is 11.1. The van der Waals surface area contributed by atoms with E-state index in [1.807, 2.05) is 32.0 Å². The Morgan fingerprint density at radius 2 is 2.00 bits per heavy atom. The number of hydrogen-bond donors (Lipinski definition) is 1. The second kappa shape index (κ2) is 4.40. The Balaban J connectivity index is 2.75. The van der Waals surface area contributed by atoms with Crippen LogP contribution in [0.4, 0.5) is 11.5 Å². The van der Waals surface area contributed by atoms with Crippen molar-refractivity contribution in [2.24, 2.45) is 0 Å². The molecule has 2 rings (SSSR count). The van der Waals surface area contributed by atoms with Gasteiger partial charge < -0.3 is 5.73 Å². The van der Waals surface area contributed by atoms with Crippen molar-refractivity contribution in [3.05, 3.63) is 45.8 Å². The Labute approximate surface area is 104 Å². The van der Waals surface area contributed by atoms with Crippen LogP contribution in [0.25, 0.3) is 11.3 Å². The van der Waals surface area contributed by atoms with Gasteiger partial charge in [-0.25, -0.2) is 9.97 Å². The van der Waals surface area contributed by atoms with Crippen LogP contribution in [0.15, 0.2) is 24.5 Å². The topological polar surface area (TPSA) is 94.9 Å². The van der Waals surface area contributed by atoms with E-state index in [9.17, 15) is 10.1 Å². The molecular weight excluding hydrogens is 232 g/mol. The summed E-state index contributed by atoms with van der Waals surface area (Å²) >= 11 is 0. The van der Waals surface area contributed by atoms with Crippen LogP contribution in [0, 0.1) is 24.0 Å². The van der Waals surface area contributed by atoms with E-state index in [1.165, 1.54) is 6.33 Å². The number of aromatic nitrogens is 2. The summed E-state index contributed by atoms with van der Waals surface area (Å²) in [5.74, 6) is -0.120. The van der Waals surface area contributed by atoms with Crippen LogP contribution in [-0.4, -0.2) is 14.9 Å². The van der Waals surface area contributed by atoms with Crippen LogP contribution in [0.1, 0.15) is 11.1 Å². The maximum atomic E-state index is 11.1. The molecule has 0 bridgehead atoms. The summed E-state index contributed by atoms with van der Waals surface area (Å²) in [4.78, 5) is 18.2. The number of nitrogens with zero attached hydrogens (tertiary/aromatic N) is 3. The van der Waals surface area contributed by atoms with Crippen molar-refractivity contribution in [1.82, 2.24) is 9.97 Å². The Morgan fingerprint density at radius 3 is 2.67 bits per heavy atom. The predicted molar refractivity (Wildman–Crippen MR) is 68.0 cm³/mol. The van der Waals surface area contributed by atoms with Crippen molar-refractivity contribution in [2.45, 2.75) is 13.8 Å². The molecule has 0 saturated carbocycles. The van der Waals surface area contributed by atoms with Crippen molar-refractivity contribution in [1.29, 1.82) is 0 Å². The van der Waals surface area contributed by atoms with E-state index in [1.54, 1.807) is 0 Å². The number of aryl methyl sites for hydroxylation is 2. The Morgan fingerprint density at radius 1 is 1.28 bits per heavy atom. The predicted octanol–water partition coefficient (Wildman–Crippen LogP) is 2.25. The highest BCUT2D eigenvalue weighted by molar-refractivity contribution is 5.77. The average Bonchev–Trinajstić information content (AvgIpc) is 2.31. The quantitative estimate of drug-likeness (QED) is 0.645. The van der Waals surface area contributed by atoms with Gasteiger partial charge in [0.1, 0.15) is 6.33 Å². The van der Waals surface area contributed by atoms with Gasteiger partial charge in [-0.2, -0.15) is 0 Å². The molecular formula is C12H12N4O2. The molecule has 0 spiro atoms. The monoisotopic (exact) mass is 244 g/mol. The summed E-state index contributed by atoms with van der Waals surface area (Å²) in [6.07, 6.45) is 1.24. The largest absolute Gasteiger partial charge is 0.378 e. The highest BCUT2D eigenvalue weighted by Crippen LogP contribution is 2.33. The van der Waals surface area contributed by atoms with Crippen molar-refractivity contribution in [3.63, 3.8) is 0 Å². The minimum atomic E-state index is -0.549. The molecule has 0 atom stereocenters. The van der Waals surface area contributed by atoms with E-state index in [0.29, 0.717) is 5.56 Å². The van der Waals surface area contributed by atoms with E-state index >= 15 is 0 Å². The van der Waals surface area contributed by atoms with Crippen molar-refractivity contribution < 1.29 is 4.92 Å². The first-order valence-corrected chi connectivity index (χ1v) is 5.33. The molecule has 0 unspecified atom stereocenters. The molecule has 1 heterocycles. The first-order valence-electron chi connectivity index (χ1n) is 5.33. The van der Waals surface area contributed by atoms with E-state index in [-0.39, 0.29) is 17.2 Å². The number of benzene rings is 1. The second-order valence-corrected chi connectivity index (χ2v) is 4.03. The van der Waals surface area contributed by atoms with Gasteiger partial charge in [-0.1, -0.05) is 17.7 Å². The third kappa shape index (κ3) is 2.00. The molecule has 0 radical (unpaired) electrons. The third-order valence-corrected chi connectivity index (χ3v) is 2.68. The zero-order valence-electron chi connectivity index (χ0n) is 10.0. The van der Waals surface area contributed by atoms with E-state index in [2.05, 4.69) is 9.97 Å². The fourth-order valence-electron chi connectivity index (χ4n) is 1.76. The summed E-state index contributed by atoms with van der Waals surface area (Å²) in [5.41, 5.74) is 8.18. The molecule has 2 aromatic rings. The average molecular weight is 244 g/mol. The summed E-state index contributed by atoms with van der Waals surface area (Å²) in [7, 11) is 0. The van der Waals surface area contributed by atoms with Gasteiger partial charge in [-0.3, -0.25) is 10.1 Å². The summed E-state index contributed by atoms with van der Waals surface area (Å²) < 4.78 is 0. The van der Waals surface area contributed by atoms with Gasteiger partial charge in [-0.05, 0) is 25.5 Å². The SMILES string of the molecule is Cc1ccc(C)c(-c2ncnc(N)c2[N+](=O)[O-])c1. The van der Waals surface area contributed by atoms with Crippen molar-refractivity contribution in [2.75, 3.05) is 5.73 Å². The third-order valence-electron chi connectivity index (χ3n) is 2.68. The first-order chi connectivity index (χ1) is 8.50. The van der Waals surface area contributed by atoms with Crippen LogP contribution < -0.4 is 5.73 Å². The van der Waals surface area contributed by atoms with Crippen LogP contribution in [-0.2, 0) is 0 Å². The van der Waals surface area contributed by atoms with Gasteiger partial charge in [0.05, 0.1) is 4.92 Å². The maximum absolute atomic E-state index is 11.1. The smallest absolute Gasteiger partial charge is 0.337 e. The molecule has 0 aliphatic carbocycles. The number of nitrogens with two attached hydrogens (primary N) is 1. The minimum absolute atomic E-state index is 0.120. The zero-order chi connectivity index (χ0) is 13.3. The van der Waals surface area contributed by atoms with Crippen LogP contribution in [0.3, 0.4) is 0 Å². The number of nitro groups is 1. The number of nitrogen functional groups attached to an aromatic ring is 1. The Kier molecular flexibility index (Phi) is 2.93. The molecule has 0 fully saturated rings. The summed E-state index contributed by atoms with van der Waals surface area (Å²) in [6.45, 7) is 3.79. The standard InChI is InChI=1S/C12H12N4O2/c1-7-3-4-8(2)9(5-7)10-11(16(17)18)12(13)15-6-14-10/h3-6H,1-2H3,(H2,13,14,15). The number of hydrogen-bond acceptors (Lipinski definition) is 5. The molecule has 0 aliphatic rings. The maximum Gasteiger partial charge on any atom is 0.337 e. The van der Waals surface area contributed by atoms with E-state index in [0.717, 1.165) is 11.1 Å². The molecule has 1 aromatic heterocycles. The minimum Gasteiger partial charge on any atom is -0.378 e. The van der Waals surface area contributed by atoms with E-state index in [4.69, 9.17) is 5.73 Å².